The zero-order chi connectivity index (χ0) is 30.4. The normalized spacial score (nSPS) is 10.8. The zero-order valence-electron chi connectivity index (χ0n) is 25.0. The van der Waals surface area contributed by atoms with Crippen molar-refractivity contribution in [1.29, 1.82) is 0 Å². The standard InChI is InChI=1S/C41H32N4/c1-31-30-42-40(41(43-31)32-14-6-2-7-15-32)33-22-24-37(25-23-33)45(36-20-12-5-13-21-36)39-28-26-38(27-29-39)44(34-16-8-3-9-17-34)35-18-10-4-11-19-35/h2-30H,1H3. The summed E-state index contributed by atoms with van der Waals surface area (Å²) < 4.78 is 0. The summed E-state index contributed by atoms with van der Waals surface area (Å²) in [5.41, 5.74) is 11.3. The van der Waals surface area contributed by atoms with Crippen LogP contribution in [-0.4, -0.2) is 9.97 Å². The first kappa shape index (κ1) is 27.8. The second kappa shape index (κ2) is 12.7. The van der Waals surface area contributed by atoms with E-state index >= 15 is 0 Å². The Kier molecular flexibility index (Phi) is 7.85. The lowest BCUT2D eigenvalue weighted by molar-refractivity contribution is 1.13. The Bertz CT molecular complexity index is 1940. The molecule has 1 aromatic heterocycles. The molecule has 0 N–H and O–H groups in total. The van der Waals surface area contributed by atoms with Crippen LogP contribution in [0, 0.1) is 6.92 Å². The lowest BCUT2D eigenvalue weighted by atomic mass is 10.0. The fraction of sp³-hybridized carbons (Fsp3) is 0.0244. The minimum Gasteiger partial charge on any atom is -0.311 e. The van der Waals surface area contributed by atoms with Gasteiger partial charge in [-0.3, -0.25) is 4.98 Å². The van der Waals surface area contributed by atoms with Crippen molar-refractivity contribution in [3.63, 3.8) is 0 Å². The molecule has 0 atom stereocenters. The van der Waals surface area contributed by atoms with Crippen LogP contribution < -0.4 is 9.80 Å². The molecule has 0 aliphatic carbocycles. The second-order valence-corrected chi connectivity index (χ2v) is 10.8. The number of benzene rings is 6. The minimum atomic E-state index is 0.871. The van der Waals surface area contributed by atoms with Crippen LogP contribution in [0.25, 0.3) is 22.5 Å². The van der Waals surface area contributed by atoms with Crippen LogP contribution in [0.5, 0.6) is 0 Å². The van der Waals surface area contributed by atoms with E-state index in [2.05, 4.69) is 143 Å². The summed E-state index contributed by atoms with van der Waals surface area (Å²) in [6.45, 7) is 1.98. The summed E-state index contributed by atoms with van der Waals surface area (Å²) in [6.07, 6.45) is 1.84. The van der Waals surface area contributed by atoms with E-state index in [1.165, 1.54) is 0 Å². The molecule has 6 aromatic carbocycles. The molecule has 0 saturated carbocycles. The van der Waals surface area contributed by atoms with Crippen LogP contribution in [0.1, 0.15) is 5.69 Å². The Labute approximate surface area is 264 Å². The van der Waals surface area contributed by atoms with E-state index < -0.39 is 0 Å². The van der Waals surface area contributed by atoms with Gasteiger partial charge in [-0.05, 0) is 79.7 Å². The quantitative estimate of drug-likeness (QED) is 0.179. The highest BCUT2D eigenvalue weighted by Gasteiger charge is 2.17. The molecule has 7 rings (SSSR count). The van der Waals surface area contributed by atoms with Crippen molar-refractivity contribution in [2.45, 2.75) is 6.92 Å². The van der Waals surface area contributed by atoms with Gasteiger partial charge in [0, 0.05) is 51.4 Å². The average molecular weight is 581 g/mol. The van der Waals surface area contributed by atoms with Crippen molar-refractivity contribution in [1.82, 2.24) is 9.97 Å². The Hall–Kier alpha value is -6.00. The monoisotopic (exact) mass is 580 g/mol. The van der Waals surface area contributed by atoms with Crippen molar-refractivity contribution in [3.8, 4) is 22.5 Å². The van der Waals surface area contributed by atoms with E-state index in [0.717, 1.165) is 62.3 Å². The molecular formula is C41H32N4. The van der Waals surface area contributed by atoms with Crippen LogP contribution in [0.4, 0.5) is 34.1 Å². The first-order valence-corrected chi connectivity index (χ1v) is 15.1. The third-order valence-electron chi connectivity index (χ3n) is 7.75. The highest BCUT2D eigenvalue weighted by atomic mass is 15.2. The maximum Gasteiger partial charge on any atom is 0.0968 e. The molecule has 4 heteroatoms. The lowest BCUT2D eigenvalue weighted by Gasteiger charge is -2.28. The number of hydrogen-bond acceptors (Lipinski definition) is 4. The van der Waals surface area contributed by atoms with Crippen LogP contribution in [0.3, 0.4) is 0 Å². The summed E-state index contributed by atoms with van der Waals surface area (Å²) >= 11 is 0. The topological polar surface area (TPSA) is 32.3 Å². The molecule has 0 unspecified atom stereocenters. The number of anilines is 6. The molecule has 0 spiro atoms. The second-order valence-electron chi connectivity index (χ2n) is 10.8. The van der Waals surface area contributed by atoms with Crippen LogP contribution in [0.15, 0.2) is 176 Å². The maximum atomic E-state index is 4.86. The van der Waals surface area contributed by atoms with Crippen molar-refractivity contribution in [2.24, 2.45) is 0 Å². The number of nitrogens with zero attached hydrogens (tertiary/aromatic N) is 4. The Morgan fingerprint density at radius 3 is 1.11 bits per heavy atom. The van der Waals surface area contributed by atoms with Gasteiger partial charge < -0.3 is 9.80 Å². The fourth-order valence-corrected chi connectivity index (χ4v) is 5.63. The number of aromatic nitrogens is 2. The molecule has 216 valence electrons. The van der Waals surface area contributed by atoms with Crippen LogP contribution in [0.2, 0.25) is 0 Å². The van der Waals surface area contributed by atoms with Gasteiger partial charge in [-0.25, -0.2) is 4.98 Å². The number of rotatable bonds is 8. The smallest absolute Gasteiger partial charge is 0.0968 e. The molecule has 0 fully saturated rings. The Morgan fingerprint density at radius 2 is 0.689 bits per heavy atom. The minimum absolute atomic E-state index is 0.871. The van der Waals surface area contributed by atoms with Crippen molar-refractivity contribution in [3.05, 3.63) is 182 Å². The van der Waals surface area contributed by atoms with Gasteiger partial charge in [0.15, 0.2) is 0 Å². The van der Waals surface area contributed by atoms with E-state index in [0.29, 0.717) is 0 Å². The number of aryl methyl sites for hydroxylation is 1. The predicted molar refractivity (Wildman–Crippen MR) is 187 cm³/mol. The molecule has 7 aromatic rings. The molecule has 45 heavy (non-hydrogen) atoms. The van der Waals surface area contributed by atoms with Gasteiger partial charge in [-0.1, -0.05) is 97.1 Å². The van der Waals surface area contributed by atoms with E-state index in [1.54, 1.807) is 0 Å². The van der Waals surface area contributed by atoms with E-state index in [-0.39, 0.29) is 0 Å². The van der Waals surface area contributed by atoms with Crippen molar-refractivity contribution in [2.75, 3.05) is 9.80 Å². The van der Waals surface area contributed by atoms with Gasteiger partial charge in [0.25, 0.3) is 0 Å². The molecule has 0 amide bonds. The first-order chi connectivity index (χ1) is 22.2. The summed E-state index contributed by atoms with van der Waals surface area (Å²) in [5.74, 6) is 0. The van der Waals surface area contributed by atoms with Gasteiger partial charge in [0.05, 0.1) is 17.1 Å². The molecule has 0 radical (unpaired) electrons. The molecule has 0 saturated heterocycles. The van der Waals surface area contributed by atoms with Gasteiger partial charge in [-0.15, -0.1) is 0 Å². The van der Waals surface area contributed by atoms with E-state index in [9.17, 15) is 0 Å². The van der Waals surface area contributed by atoms with Crippen molar-refractivity contribution >= 4 is 34.1 Å². The van der Waals surface area contributed by atoms with Gasteiger partial charge in [-0.2, -0.15) is 0 Å². The number of hydrogen-bond donors (Lipinski definition) is 0. The first-order valence-electron chi connectivity index (χ1n) is 15.1. The number of para-hydroxylation sites is 3. The van der Waals surface area contributed by atoms with E-state index in [1.807, 2.05) is 49.5 Å². The molecule has 0 aliphatic heterocycles. The summed E-state index contributed by atoms with van der Waals surface area (Å²) in [6, 6.07) is 59.0. The summed E-state index contributed by atoms with van der Waals surface area (Å²) in [7, 11) is 0. The molecule has 0 aliphatic rings. The van der Waals surface area contributed by atoms with Gasteiger partial charge in [0.2, 0.25) is 0 Å². The van der Waals surface area contributed by atoms with E-state index in [4.69, 9.17) is 9.97 Å². The third kappa shape index (κ3) is 5.95. The summed E-state index contributed by atoms with van der Waals surface area (Å²) in [5, 5.41) is 0. The zero-order valence-corrected chi connectivity index (χ0v) is 25.0. The Morgan fingerprint density at radius 1 is 0.356 bits per heavy atom. The summed E-state index contributed by atoms with van der Waals surface area (Å²) in [4.78, 5) is 14.2. The van der Waals surface area contributed by atoms with Gasteiger partial charge in [0.1, 0.15) is 0 Å². The largest absolute Gasteiger partial charge is 0.311 e. The van der Waals surface area contributed by atoms with Crippen LogP contribution in [-0.2, 0) is 0 Å². The SMILES string of the molecule is Cc1cnc(-c2ccc(N(c3ccccc3)c3ccc(N(c4ccccc4)c4ccccc4)cc3)cc2)c(-c2ccccc2)n1. The Balaban J connectivity index is 1.26. The molecule has 0 bridgehead atoms. The van der Waals surface area contributed by atoms with Gasteiger partial charge >= 0.3 is 0 Å². The fourth-order valence-electron chi connectivity index (χ4n) is 5.63. The molecule has 1 heterocycles. The maximum absolute atomic E-state index is 4.86. The van der Waals surface area contributed by atoms with Crippen molar-refractivity contribution < 1.29 is 0 Å². The highest BCUT2D eigenvalue weighted by Crippen LogP contribution is 2.39. The predicted octanol–water partition coefficient (Wildman–Crippen LogP) is 11.1. The third-order valence-corrected chi connectivity index (χ3v) is 7.75. The lowest BCUT2D eigenvalue weighted by Crippen LogP contribution is -2.12. The average Bonchev–Trinajstić information content (AvgIpc) is 3.11. The van der Waals surface area contributed by atoms with Crippen LogP contribution >= 0.6 is 0 Å². The molecular weight excluding hydrogens is 548 g/mol. The highest BCUT2D eigenvalue weighted by molar-refractivity contribution is 5.83. The molecule has 4 nitrogen and oxygen atoms in total.